The van der Waals surface area contributed by atoms with Gasteiger partial charge < -0.3 is 0 Å². The number of hydrogen-bond donors (Lipinski definition) is 0. The van der Waals surface area contributed by atoms with Crippen LogP contribution in [0.1, 0.15) is 6.92 Å². The molecule has 80 valence electrons. The summed E-state index contributed by atoms with van der Waals surface area (Å²) in [5.74, 6) is 0. The van der Waals surface area contributed by atoms with Crippen molar-refractivity contribution in [3.8, 4) is 0 Å². The zero-order valence-electron chi connectivity index (χ0n) is 8.06. The van der Waals surface area contributed by atoms with E-state index in [0.29, 0.717) is 4.90 Å². The van der Waals surface area contributed by atoms with Crippen LogP contribution in [0.25, 0.3) is 0 Å². The monoisotopic (exact) mass is 256 g/mol. The van der Waals surface area contributed by atoms with Crippen LogP contribution in [0.4, 0.5) is 0 Å². The van der Waals surface area contributed by atoms with E-state index in [4.69, 9.17) is 4.18 Å². The Morgan fingerprint density at radius 1 is 1.33 bits per heavy atom. The molecule has 6 heteroatoms. The molecule has 0 saturated carbocycles. The van der Waals surface area contributed by atoms with E-state index in [9.17, 15) is 8.42 Å². The molecule has 0 radical (unpaired) electrons. The van der Waals surface area contributed by atoms with Crippen LogP contribution in [0.3, 0.4) is 0 Å². The fourth-order valence-corrected chi connectivity index (χ4v) is 3.08. The number of benzene rings is 1. The van der Waals surface area contributed by atoms with Crippen molar-refractivity contribution in [2.24, 2.45) is 0 Å². The Morgan fingerprint density at radius 2 is 1.93 bits per heavy atom. The van der Waals surface area contributed by atoms with Crippen LogP contribution in [0.2, 0.25) is 0 Å². The predicted octanol–water partition coefficient (Wildman–Crippen LogP) is 1.49. The van der Waals surface area contributed by atoms with Gasteiger partial charge in [0, 0.05) is 4.90 Å². The van der Waals surface area contributed by atoms with Crippen LogP contribution < -0.4 is 0 Å². The van der Waals surface area contributed by atoms with E-state index in [2.05, 4.69) is 0 Å². The molecule has 0 aliphatic carbocycles. The summed E-state index contributed by atoms with van der Waals surface area (Å²) in [5, 5.41) is 0. The normalized spacial score (nSPS) is 10.8. The van der Waals surface area contributed by atoms with Crippen molar-refractivity contribution in [3.05, 3.63) is 24.3 Å². The van der Waals surface area contributed by atoms with Gasteiger partial charge in [0.05, 0.1) is 6.61 Å². The second-order valence-corrected chi connectivity index (χ2v) is 4.94. The molecule has 0 heterocycles. The Kier molecular flexibility index (Phi) is 7.16. The van der Waals surface area contributed by atoms with Crippen molar-refractivity contribution in [2.45, 2.75) is 16.7 Å². The van der Waals surface area contributed by atoms with Crippen molar-refractivity contribution in [1.29, 1.82) is 0 Å². The number of rotatable bonds is 4. The van der Waals surface area contributed by atoms with Crippen LogP contribution in [-0.2, 0) is 14.3 Å². The minimum atomic E-state index is -3.57. The molecule has 0 unspecified atom stereocenters. The van der Waals surface area contributed by atoms with Crippen molar-refractivity contribution < 1.29 is 12.6 Å². The second kappa shape index (κ2) is 6.93. The molecule has 0 spiro atoms. The Bertz CT molecular complexity index is 404. The summed E-state index contributed by atoms with van der Waals surface area (Å²) in [4.78, 5) is 0.954. The summed E-state index contributed by atoms with van der Waals surface area (Å²) in [6.07, 6.45) is 1.83. The topological polar surface area (TPSA) is 43.4 Å². The van der Waals surface area contributed by atoms with Crippen LogP contribution in [0.5, 0.6) is 0 Å². The van der Waals surface area contributed by atoms with E-state index in [-0.39, 0.29) is 41.1 Å². The maximum absolute atomic E-state index is 11.6. The van der Waals surface area contributed by atoms with Crippen LogP contribution in [0, 0.1) is 0 Å². The van der Waals surface area contributed by atoms with Crippen molar-refractivity contribution in [2.75, 3.05) is 12.9 Å². The van der Waals surface area contributed by atoms with E-state index in [1.165, 1.54) is 11.8 Å². The van der Waals surface area contributed by atoms with E-state index in [0.717, 1.165) is 0 Å². The van der Waals surface area contributed by atoms with Crippen LogP contribution in [0.15, 0.2) is 34.1 Å². The molecule has 0 atom stereocenters. The average Bonchev–Trinajstić information content (AvgIpc) is 2.18. The SMILES string of the molecule is CCOS(=O)(=O)c1ccccc1SC.[NaH]. The first-order valence-corrected chi connectivity index (χ1v) is 6.77. The molecule has 0 aliphatic rings. The summed E-state index contributed by atoms with van der Waals surface area (Å²) in [7, 11) is -3.57. The van der Waals surface area contributed by atoms with Crippen molar-refractivity contribution in [1.82, 2.24) is 0 Å². The predicted molar refractivity (Wildman–Crippen MR) is 64.2 cm³/mol. The van der Waals surface area contributed by atoms with Gasteiger partial charge in [0.25, 0.3) is 10.1 Å². The van der Waals surface area contributed by atoms with E-state index in [1.54, 1.807) is 31.2 Å². The van der Waals surface area contributed by atoms with Gasteiger partial charge in [-0.05, 0) is 25.3 Å². The van der Waals surface area contributed by atoms with Gasteiger partial charge in [0.15, 0.2) is 0 Å². The summed E-state index contributed by atoms with van der Waals surface area (Å²) >= 11 is 1.39. The maximum atomic E-state index is 11.6. The second-order valence-electron chi connectivity index (χ2n) is 2.51. The van der Waals surface area contributed by atoms with E-state index >= 15 is 0 Å². The molecule has 0 amide bonds. The fraction of sp³-hybridized carbons (Fsp3) is 0.333. The molecule has 0 aromatic heterocycles. The first-order valence-electron chi connectivity index (χ1n) is 4.14. The van der Waals surface area contributed by atoms with Gasteiger partial charge in [-0.15, -0.1) is 11.8 Å². The Morgan fingerprint density at radius 3 is 2.47 bits per heavy atom. The van der Waals surface area contributed by atoms with Gasteiger partial charge in [0.1, 0.15) is 4.90 Å². The minimum absolute atomic E-state index is 0. The molecule has 0 bridgehead atoms. The molecule has 0 N–H and O–H groups in total. The molecule has 3 nitrogen and oxygen atoms in total. The van der Waals surface area contributed by atoms with Crippen molar-refractivity contribution in [3.63, 3.8) is 0 Å². The zero-order valence-corrected chi connectivity index (χ0v) is 9.69. The van der Waals surface area contributed by atoms with Gasteiger partial charge in [0.2, 0.25) is 0 Å². The molecule has 1 aromatic carbocycles. The molecule has 1 aromatic rings. The first-order chi connectivity index (χ1) is 6.61. The van der Waals surface area contributed by atoms with Crippen molar-refractivity contribution >= 4 is 51.4 Å². The Hall–Kier alpha value is 0.480. The average molecular weight is 256 g/mol. The molecule has 0 fully saturated rings. The summed E-state index contributed by atoms with van der Waals surface area (Å²) in [5.41, 5.74) is 0. The standard InChI is InChI=1S/C9H12O3S2.Na.H/c1-3-12-14(10,11)9-7-5-4-6-8(9)13-2;;/h4-7H,3H2,1-2H3;;. The Labute approximate surface area is 117 Å². The molecule has 1 rings (SSSR count). The first kappa shape index (κ1) is 15.5. The van der Waals surface area contributed by atoms with Gasteiger partial charge in [-0.25, -0.2) is 0 Å². The number of thioether (sulfide) groups is 1. The van der Waals surface area contributed by atoms with E-state index in [1.807, 2.05) is 6.26 Å². The van der Waals surface area contributed by atoms with Crippen LogP contribution >= 0.6 is 11.8 Å². The molecular formula is C9H13NaO3S2. The third-order valence-electron chi connectivity index (χ3n) is 1.61. The van der Waals surface area contributed by atoms with Gasteiger partial charge in [-0.2, -0.15) is 8.42 Å². The summed E-state index contributed by atoms with van der Waals surface area (Å²) < 4.78 is 27.9. The van der Waals surface area contributed by atoms with Crippen LogP contribution in [-0.4, -0.2) is 50.8 Å². The van der Waals surface area contributed by atoms with Gasteiger partial charge >= 0.3 is 29.6 Å². The third-order valence-corrected chi connectivity index (χ3v) is 3.98. The molecular weight excluding hydrogens is 243 g/mol. The van der Waals surface area contributed by atoms with Gasteiger partial charge in [-0.3, -0.25) is 4.18 Å². The third kappa shape index (κ3) is 4.09. The summed E-state index contributed by atoms with van der Waals surface area (Å²) in [6.45, 7) is 1.81. The molecule has 0 saturated heterocycles. The molecule has 15 heavy (non-hydrogen) atoms. The zero-order chi connectivity index (χ0) is 10.6. The van der Waals surface area contributed by atoms with Gasteiger partial charge in [-0.1, -0.05) is 12.1 Å². The molecule has 0 aliphatic heterocycles. The quantitative estimate of drug-likeness (QED) is 0.465. The number of hydrogen-bond acceptors (Lipinski definition) is 4. The summed E-state index contributed by atoms with van der Waals surface area (Å²) in [6, 6.07) is 6.80. The van der Waals surface area contributed by atoms with E-state index < -0.39 is 10.1 Å². The Balaban J connectivity index is 0.00000196. The fourth-order valence-electron chi connectivity index (χ4n) is 1.04.